The van der Waals surface area contributed by atoms with Crippen LogP contribution in [0, 0.1) is 11.8 Å². The summed E-state index contributed by atoms with van der Waals surface area (Å²) >= 11 is 0. The van der Waals surface area contributed by atoms with E-state index >= 15 is 0 Å². The molecule has 78 valence electrons. The van der Waals surface area contributed by atoms with Gasteiger partial charge in [0, 0.05) is 12.0 Å². The Morgan fingerprint density at radius 2 is 2.50 bits per heavy atom. The number of nitrogens with one attached hydrogen (secondary N) is 1. The molecule has 1 aliphatic heterocycles. The number of esters is 1. The van der Waals surface area contributed by atoms with Gasteiger partial charge < -0.3 is 15.8 Å². The van der Waals surface area contributed by atoms with Crippen molar-refractivity contribution in [2.45, 2.75) is 24.9 Å². The Morgan fingerprint density at radius 3 is 3.00 bits per heavy atom. The maximum absolute atomic E-state index is 11.3. The number of amides is 1. The second kappa shape index (κ2) is 3.24. The summed E-state index contributed by atoms with van der Waals surface area (Å²) in [5.74, 6) is -0.0974. The largest absolute Gasteiger partial charge is 0.468 e. The molecule has 0 radical (unpaired) electrons. The predicted molar refractivity (Wildman–Crippen MR) is 48.1 cm³/mol. The van der Waals surface area contributed by atoms with Crippen molar-refractivity contribution < 1.29 is 14.3 Å². The number of nitrogens with two attached hydrogens (primary N) is 1. The Labute approximate surface area is 82.0 Å². The molecule has 0 aromatic carbocycles. The van der Waals surface area contributed by atoms with Crippen molar-refractivity contribution in [3.05, 3.63) is 0 Å². The quantitative estimate of drug-likeness (QED) is 0.570. The Hall–Kier alpha value is -1.10. The van der Waals surface area contributed by atoms with E-state index in [1.807, 2.05) is 0 Å². The van der Waals surface area contributed by atoms with Crippen LogP contribution in [0.15, 0.2) is 0 Å². The van der Waals surface area contributed by atoms with Gasteiger partial charge in [0.15, 0.2) is 0 Å². The molecule has 0 aromatic heterocycles. The second-order valence-electron chi connectivity index (χ2n) is 3.99. The summed E-state index contributed by atoms with van der Waals surface area (Å²) in [5.41, 5.74) is 5.60. The van der Waals surface area contributed by atoms with Crippen LogP contribution in [0.5, 0.6) is 0 Å². The van der Waals surface area contributed by atoms with Crippen LogP contribution >= 0.6 is 0 Å². The molecule has 2 rings (SSSR count). The molecule has 0 bridgehead atoms. The maximum atomic E-state index is 11.3. The number of hydrogen-bond acceptors (Lipinski definition) is 4. The summed E-state index contributed by atoms with van der Waals surface area (Å²) in [4.78, 5) is 22.4. The van der Waals surface area contributed by atoms with Gasteiger partial charge in [-0.25, -0.2) is 0 Å². The van der Waals surface area contributed by atoms with Gasteiger partial charge in [-0.1, -0.05) is 0 Å². The van der Waals surface area contributed by atoms with Crippen LogP contribution in [0.25, 0.3) is 0 Å². The molecule has 5 heteroatoms. The van der Waals surface area contributed by atoms with E-state index in [4.69, 9.17) is 5.73 Å². The average molecular weight is 198 g/mol. The monoisotopic (exact) mass is 198 g/mol. The van der Waals surface area contributed by atoms with E-state index in [2.05, 4.69) is 10.1 Å². The smallest absolute Gasteiger partial charge is 0.322 e. The van der Waals surface area contributed by atoms with Crippen LogP contribution in [0.4, 0.5) is 0 Å². The Bertz CT molecular complexity index is 279. The van der Waals surface area contributed by atoms with Gasteiger partial charge in [-0.3, -0.25) is 9.59 Å². The van der Waals surface area contributed by atoms with E-state index in [0.29, 0.717) is 18.4 Å². The second-order valence-corrected chi connectivity index (χ2v) is 3.99. The molecule has 0 spiro atoms. The minimum absolute atomic E-state index is 0.0330. The average Bonchev–Trinajstić information content (AvgIpc) is 2.85. The third-order valence-electron chi connectivity index (χ3n) is 3.03. The molecule has 1 heterocycles. The minimum atomic E-state index is -0.671. The first kappa shape index (κ1) is 9.45. The standard InChI is InChI=1S/C9H14N2O3/c1-14-9(13)6(10)2-5-4-3-7(4)11-8(5)12/h4-7H,2-3,10H2,1H3,(H,11,12)/t4-,5+,6?,7-/m0/s1. The number of carbonyl (C=O) groups excluding carboxylic acids is 2. The summed E-state index contributed by atoms with van der Waals surface area (Å²) in [6, 6.07) is -0.326. The molecule has 1 amide bonds. The van der Waals surface area contributed by atoms with Crippen molar-refractivity contribution in [3.63, 3.8) is 0 Å². The van der Waals surface area contributed by atoms with Gasteiger partial charge in [0.25, 0.3) is 0 Å². The lowest BCUT2D eigenvalue weighted by atomic mass is 9.96. The van der Waals surface area contributed by atoms with Gasteiger partial charge >= 0.3 is 5.97 Å². The first-order valence-electron chi connectivity index (χ1n) is 4.77. The van der Waals surface area contributed by atoms with E-state index in [0.717, 1.165) is 6.42 Å². The predicted octanol–water partition coefficient (Wildman–Crippen LogP) is -0.989. The molecule has 2 aliphatic rings. The van der Waals surface area contributed by atoms with Crippen LogP contribution in [0.1, 0.15) is 12.8 Å². The molecule has 5 nitrogen and oxygen atoms in total. The van der Waals surface area contributed by atoms with E-state index < -0.39 is 12.0 Å². The van der Waals surface area contributed by atoms with Gasteiger partial charge in [0.05, 0.1) is 7.11 Å². The minimum Gasteiger partial charge on any atom is -0.468 e. The highest BCUT2D eigenvalue weighted by atomic mass is 16.5. The highest BCUT2D eigenvalue weighted by Gasteiger charge is 2.53. The third kappa shape index (κ3) is 1.48. The molecule has 0 aromatic rings. The molecule has 1 saturated heterocycles. The number of carbonyl (C=O) groups is 2. The fourth-order valence-corrected chi connectivity index (χ4v) is 2.11. The molecular weight excluding hydrogens is 184 g/mol. The molecule has 1 unspecified atom stereocenters. The van der Waals surface area contributed by atoms with E-state index in [1.54, 1.807) is 0 Å². The van der Waals surface area contributed by atoms with Gasteiger partial charge in [0.1, 0.15) is 6.04 Å². The van der Waals surface area contributed by atoms with Crippen molar-refractivity contribution in [2.24, 2.45) is 17.6 Å². The van der Waals surface area contributed by atoms with Gasteiger partial charge in [-0.15, -0.1) is 0 Å². The highest BCUT2D eigenvalue weighted by Crippen LogP contribution is 2.44. The number of methoxy groups -OCH3 is 1. The Balaban J connectivity index is 1.90. The summed E-state index contributed by atoms with van der Waals surface area (Å²) in [5, 5.41) is 2.86. The van der Waals surface area contributed by atoms with E-state index in [-0.39, 0.29) is 11.8 Å². The lowest BCUT2D eigenvalue weighted by molar-refractivity contribution is -0.142. The van der Waals surface area contributed by atoms with Gasteiger partial charge in [-0.05, 0) is 18.8 Å². The fourth-order valence-electron chi connectivity index (χ4n) is 2.11. The third-order valence-corrected chi connectivity index (χ3v) is 3.03. The van der Waals surface area contributed by atoms with Crippen molar-refractivity contribution in [2.75, 3.05) is 7.11 Å². The molecule has 3 N–H and O–H groups in total. The number of hydrogen-bond donors (Lipinski definition) is 2. The lowest BCUT2D eigenvalue weighted by Crippen LogP contribution is -2.36. The molecule has 2 fully saturated rings. The molecule has 1 saturated carbocycles. The normalized spacial score (nSPS) is 35.9. The summed E-state index contributed by atoms with van der Waals surface area (Å²) in [6.07, 6.45) is 1.43. The highest BCUT2D eigenvalue weighted by molar-refractivity contribution is 5.84. The molecule has 4 atom stereocenters. The first-order chi connectivity index (χ1) is 6.63. The van der Waals surface area contributed by atoms with E-state index in [1.165, 1.54) is 7.11 Å². The topological polar surface area (TPSA) is 81.4 Å². The zero-order chi connectivity index (χ0) is 10.3. The maximum Gasteiger partial charge on any atom is 0.322 e. The summed E-state index contributed by atoms with van der Waals surface area (Å²) in [6.45, 7) is 0. The van der Waals surface area contributed by atoms with Crippen molar-refractivity contribution in [1.82, 2.24) is 5.32 Å². The Kier molecular flexibility index (Phi) is 2.19. The van der Waals surface area contributed by atoms with Crippen LogP contribution in [-0.2, 0) is 14.3 Å². The lowest BCUT2D eigenvalue weighted by Gasteiger charge is -2.14. The fraction of sp³-hybridized carbons (Fsp3) is 0.778. The van der Waals surface area contributed by atoms with Crippen LogP contribution in [0.2, 0.25) is 0 Å². The van der Waals surface area contributed by atoms with Gasteiger partial charge in [0.2, 0.25) is 5.91 Å². The Morgan fingerprint density at radius 1 is 1.79 bits per heavy atom. The van der Waals surface area contributed by atoms with Gasteiger partial charge in [-0.2, -0.15) is 0 Å². The van der Waals surface area contributed by atoms with Crippen molar-refractivity contribution in [3.8, 4) is 0 Å². The van der Waals surface area contributed by atoms with Crippen molar-refractivity contribution >= 4 is 11.9 Å². The van der Waals surface area contributed by atoms with E-state index in [9.17, 15) is 9.59 Å². The first-order valence-corrected chi connectivity index (χ1v) is 4.77. The number of fused-ring (bicyclic) bond motifs is 1. The molecular formula is C9H14N2O3. The zero-order valence-electron chi connectivity index (χ0n) is 8.03. The van der Waals surface area contributed by atoms with Crippen LogP contribution < -0.4 is 11.1 Å². The number of piperidine rings is 1. The molecule has 1 aliphatic carbocycles. The number of rotatable bonds is 3. The molecule has 14 heavy (non-hydrogen) atoms. The van der Waals surface area contributed by atoms with Crippen LogP contribution in [-0.4, -0.2) is 31.1 Å². The number of ether oxygens (including phenoxy) is 1. The SMILES string of the molecule is COC(=O)C(N)C[C@H]1C(=O)N[C@H]2C[C@H]21. The van der Waals surface area contributed by atoms with Crippen LogP contribution in [0.3, 0.4) is 0 Å². The summed E-state index contributed by atoms with van der Waals surface area (Å²) in [7, 11) is 1.30. The summed E-state index contributed by atoms with van der Waals surface area (Å²) < 4.78 is 4.51. The van der Waals surface area contributed by atoms with Crippen molar-refractivity contribution in [1.29, 1.82) is 0 Å². The zero-order valence-corrected chi connectivity index (χ0v) is 8.03.